The minimum Gasteiger partial charge on any atom is -0.361 e. The molecule has 0 heterocycles. The van der Waals surface area contributed by atoms with E-state index < -0.39 is 7.14 Å². The number of para-hydroxylation sites is 1. The largest absolute Gasteiger partial charge is 0.361 e. The van der Waals surface area contributed by atoms with Gasteiger partial charge in [0.1, 0.15) is 7.14 Å². The molecule has 1 N–H and O–H groups in total. The molecule has 4 rings (SSSR count). The maximum absolute atomic E-state index is 14.4. The van der Waals surface area contributed by atoms with Crippen molar-refractivity contribution >= 4 is 29.2 Å². The fraction of sp³-hybridized carbons (Fsp3) is 0.0357. The Morgan fingerprint density at radius 3 is 1.78 bits per heavy atom. The summed E-state index contributed by atoms with van der Waals surface area (Å²) in [5.41, 5.74) is 2.40. The fourth-order valence-electron chi connectivity index (χ4n) is 3.61. The summed E-state index contributed by atoms with van der Waals surface area (Å²) >= 11 is 0. The maximum Gasteiger partial charge on any atom is 0.187 e. The Labute approximate surface area is 188 Å². The second-order valence-corrected chi connectivity index (χ2v) is 10.3. The molecule has 0 spiro atoms. The van der Waals surface area contributed by atoms with Crippen molar-refractivity contribution in [3.05, 3.63) is 139 Å². The number of allylic oxidation sites excluding steroid dienone is 1. The highest BCUT2D eigenvalue weighted by molar-refractivity contribution is 7.78. The van der Waals surface area contributed by atoms with Gasteiger partial charge in [-0.05, 0) is 11.6 Å². The second-order valence-electron chi connectivity index (χ2n) is 7.43. The molecular formula is C28H24NO2P. The summed E-state index contributed by atoms with van der Waals surface area (Å²) in [4.78, 5) is 12.3. The standard InChI is InChI=1S/C28H24NO2P/c30-28(23-12-4-1-5-13-23)20-21-29-27-19-11-10-14-24(27)22-32(31,25-15-6-2-7-16-25)26-17-8-3-9-18-26/h1-21,29H,22H2. The van der Waals surface area contributed by atoms with Crippen LogP contribution in [0.2, 0.25) is 0 Å². The highest BCUT2D eigenvalue weighted by Gasteiger charge is 2.28. The number of carbonyl (C=O) groups excluding carboxylic acids is 1. The van der Waals surface area contributed by atoms with Gasteiger partial charge in [0.2, 0.25) is 0 Å². The van der Waals surface area contributed by atoms with Gasteiger partial charge in [0.15, 0.2) is 5.78 Å². The van der Waals surface area contributed by atoms with Crippen LogP contribution < -0.4 is 15.9 Å². The van der Waals surface area contributed by atoms with E-state index in [1.807, 2.05) is 103 Å². The molecule has 0 radical (unpaired) electrons. The van der Waals surface area contributed by atoms with Gasteiger partial charge in [-0.3, -0.25) is 4.79 Å². The highest BCUT2D eigenvalue weighted by atomic mass is 31.2. The zero-order valence-corrected chi connectivity index (χ0v) is 18.5. The van der Waals surface area contributed by atoms with E-state index in [1.165, 1.54) is 6.08 Å². The molecule has 0 aromatic heterocycles. The number of anilines is 1. The van der Waals surface area contributed by atoms with Crippen molar-refractivity contribution in [3.8, 4) is 0 Å². The predicted octanol–water partition coefficient (Wildman–Crippen LogP) is 6.01. The monoisotopic (exact) mass is 437 g/mol. The quantitative estimate of drug-likeness (QED) is 0.209. The molecule has 4 aromatic rings. The SMILES string of the molecule is O=C(C=CNc1ccccc1CP(=O)(c1ccccc1)c1ccccc1)c1ccccc1. The summed E-state index contributed by atoms with van der Waals surface area (Å²) in [6.45, 7) is 0. The molecule has 0 fully saturated rings. The molecule has 0 aliphatic heterocycles. The van der Waals surface area contributed by atoms with Crippen molar-refractivity contribution in [2.24, 2.45) is 0 Å². The minimum atomic E-state index is -2.90. The van der Waals surface area contributed by atoms with Crippen molar-refractivity contribution < 1.29 is 9.36 Å². The van der Waals surface area contributed by atoms with Gasteiger partial charge < -0.3 is 9.88 Å². The lowest BCUT2D eigenvalue weighted by molar-refractivity contribution is 0.104. The molecule has 0 saturated carbocycles. The van der Waals surface area contributed by atoms with Crippen LogP contribution in [0.1, 0.15) is 15.9 Å². The smallest absolute Gasteiger partial charge is 0.187 e. The molecule has 3 nitrogen and oxygen atoms in total. The van der Waals surface area contributed by atoms with E-state index in [4.69, 9.17) is 0 Å². The topological polar surface area (TPSA) is 46.2 Å². The van der Waals surface area contributed by atoms with Gasteiger partial charge in [0, 0.05) is 40.3 Å². The Bertz CT molecular complexity index is 1210. The maximum atomic E-state index is 14.4. The van der Waals surface area contributed by atoms with Gasteiger partial charge in [0.05, 0.1) is 0 Å². The Hall–Kier alpha value is -3.68. The average molecular weight is 437 g/mol. The number of carbonyl (C=O) groups is 1. The van der Waals surface area contributed by atoms with Crippen LogP contribution in [0, 0.1) is 0 Å². The van der Waals surface area contributed by atoms with Gasteiger partial charge in [0.25, 0.3) is 0 Å². The van der Waals surface area contributed by atoms with Gasteiger partial charge in [-0.2, -0.15) is 0 Å². The zero-order valence-electron chi connectivity index (χ0n) is 17.6. The number of ketones is 1. The number of hydrogen-bond donors (Lipinski definition) is 1. The van der Waals surface area contributed by atoms with Crippen LogP contribution in [0.15, 0.2) is 128 Å². The lowest BCUT2D eigenvalue weighted by Gasteiger charge is -2.21. The highest BCUT2D eigenvalue weighted by Crippen LogP contribution is 2.48. The number of hydrogen-bond acceptors (Lipinski definition) is 3. The van der Waals surface area contributed by atoms with E-state index in [0.717, 1.165) is 21.9 Å². The number of rotatable bonds is 8. The van der Waals surface area contributed by atoms with Crippen LogP contribution in [0.4, 0.5) is 5.69 Å². The van der Waals surface area contributed by atoms with Crippen molar-refractivity contribution in [2.45, 2.75) is 6.16 Å². The summed E-state index contributed by atoms with van der Waals surface area (Å²) < 4.78 is 14.4. The third-order valence-electron chi connectivity index (χ3n) is 5.29. The first-order valence-corrected chi connectivity index (χ1v) is 12.4. The normalized spacial score (nSPS) is 11.4. The molecule has 0 saturated heterocycles. The zero-order chi connectivity index (χ0) is 22.2. The summed E-state index contributed by atoms with van der Waals surface area (Å²) in [5, 5.41) is 4.88. The molecule has 0 unspecified atom stereocenters. The summed E-state index contributed by atoms with van der Waals surface area (Å²) in [6, 6.07) is 36.2. The van der Waals surface area contributed by atoms with Crippen LogP contribution >= 0.6 is 7.14 Å². The molecule has 0 atom stereocenters. The second kappa shape index (κ2) is 10.1. The molecule has 4 heteroatoms. The lowest BCUT2D eigenvalue weighted by Crippen LogP contribution is -2.17. The number of benzene rings is 4. The molecule has 158 valence electrons. The van der Waals surface area contributed by atoms with Crippen LogP contribution in [-0.2, 0) is 10.7 Å². The summed E-state index contributed by atoms with van der Waals surface area (Å²) in [5.74, 6) is -0.0742. The van der Waals surface area contributed by atoms with E-state index >= 15 is 0 Å². The summed E-state index contributed by atoms with van der Waals surface area (Å²) in [6.07, 6.45) is 3.54. The third kappa shape index (κ3) is 4.96. The molecule has 4 aromatic carbocycles. The third-order valence-corrected chi connectivity index (χ3v) is 8.34. The first-order valence-electron chi connectivity index (χ1n) is 10.5. The van der Waals surface area contributed by atoms with Crippen molar-refractivity contribution in [2.75, 3.05) is 5.32 Å². The minimum absolute atomic E-state index is 0.0742. The van der Waals surface area contributed by atoms with Crippen LogP contribution in [-0.4, -0.2) is 5.78 Å². The summed E-state index contributed by atoms with van der Waals surface area (Å²) in [7, 11) is -2.90. The van der Waals surface area contributed by atoms with Crippen molar-refractivity contribution in [1.82, 2.24) is 0 Å². The average Bonchev–Trinajstić information content (AvgIpc) is 2.86. The van der Waals surface area contributed by atoms with Crippen LogP contribution in [0.3, 0.4) is 0 Å². The molecular weight excluding hydrogens is 413 g/mol. The predicted molar refractivity (Wildman–Crippen MR) is 133 cm³/mol. The lowest BCUT2D eigenvalue weighted by atomic mass is 10.1. The molecule has 32 heavy (non-hydrogen) atoms. The van der Waals surface area contributed by atoms with Crippen molar-refractivity contribution in [1.29, 1.82) is 0 Å². The Kier molecular flexibility index (Phi) is 6.79. The van der Waals surface area contributed by atoms with Gasteiger partial charge in [-0.25, -0.2) is 0 Å². The first-order chi connectivity index (χ1) is 15.7. The Morgan fingerprint density at radius 2 is 1.19 bits per heavy atom. The van der Waals surface area contributed by atoms with E-state index in [9.17, 15) is 9.36 Å². The molecule has 0 aliphatic rings. The van der Waals surface area contributed by atoms with E-state index in [1.54, 1.807) is 18.3 Å². The molecule has 0 bridgehead atoms. The van der Waals surface area contributed by atoms with Gasteiger partial charge >= 0.3 is 0 Å². The van der Waals surface area contributed by atoms with E-state index in [2.05, 4.69) is 5.32 Å². The molecule has 0 aliphatic carbocycles. The Balaban J connectivity index is 1.62. The fourth-order valence-corrected chi connectivity index (χ4v) is 6.34. The van der Waals surface area contributed by atoms with Gasteiger partial charge in [-0.1, -0.05) is 109 Å². The number of nitrogens with one attached hydrogen (secondary N) is 1. The molecule has 0 amide bonds. The van der Waals surface area contributed by atoms with Gasteiger partial charge in [-0.15, -0.1) is 0 Å². The van der Waals surface area contributed by atoms with E-state index in [-0.39, 0.29) is 5.78 Å². The van der Waals surface area contributed by atoms with Crippen LogP contribution in [0.5, 0.6) is 0 Å². The first kappa shape index (κ1) is 21.5. The van der Waals surface area contributed by atoms with E-state index in [0.29, 0.717) is 11.7 Å². The van der Waals surface area contributed by atoms with Crippen LogP contribution in [0.25, 0.3) is 0 Å². The Morgan fingerprint density at radius 1 is 0.688 bits per heavy atom. The van der Waals surface area contributed by atoms with Crippen molar-refractivity contribution in [3.63, 3.8) is 0 Å².